The fraction of sp³-hybridized carbons (Fsp3) is 0.471. The number of hydrogen-bond acceptors (Lipinski definition) is 6. The highest BCUT2D eigenvalue weighted by Gasteiger charge is 2.23. The summed E-state index contributed by atoms with van der Waals surface area (Å²) in [4.78, 5) is 19.8. The van der Waals surface area contributed by atoms with Gasteiger partial charge in [0.1, 0.15) is 5.82 Å². The summed E-state index contributed by atoms with van der Waals surface area (Å²) in [5, 5.41) is 0. The lowest BCUT2D eigenvalue weighted by Crippen LogP contribution is -2.47. The highest BCUT2D eigenvalue weighted by molar-refractivity contribution is 5.47. The van der Waals surface area contributed by atoms with Gasteiger partial charge in [0.15, 0.2) is 11.6 Å². The van der Waals surface area contributed by atoms with E-state index >= 15 is 0 Å². The van der Waals surface area contributed by atoms with Gasteiger partial charge in [-0.25, -0.2) is 14.4 Å². The van der Waals surface area contributed by atoms with E-state index in [1.54, 1.807) is 12.3 Å². The third-order valence-corrected chi connectivity index (χ3v) is 4.66. The van der Waals surface area contributed by atoms with Crippen LogP contribution in [0.4, 0.5) is 22.0 Å². The van der Waals surface area contributed by atoms with Crippen molar-refractivity contribution in [3.05, 3.63) is 36.4 Å². The van der Waals surface area contributed by atoms with Gasteiger partial charge in [-0.3, -0.25) is 0 Å². The Labute approximate surface area is 141 Å². The summed E-state index contributed by atoms with van der Waals surface area (Å²) in [6, 6.07) is 5.05. The van der Waals surface area contributed by atoms with E-state index in [2.05, 4.69) is 19.8 Å². The molecule has 0 aromatic carbocycles. The SMILES string of the molecule is Fc1cccnc1N1CCN(c2nccc(N3CCCC3)n2)CC1. The van der Waals surface area contributed by atoms with Crippen molar-refractivity contribution in [2.24, 2.45) is 0 Å². The van der Waals surface area contributed by atoms with Crippen LogP contribution in [-0.2, 0) is 0 Å². The first-order valence-corrected chi connectivity index (χ1v) is 8.50. The maximum absolute atomic E-state index is 13.9. The van der Waals surface area contributed by atoms with Crippen molar-refractivity contribution in [2.45, 2.75) is 12.8 Å². The highest BCUT2D eigenvalue weighted by Crippen LogP contribution is 2.22. The Balaban J connectivity index is 1.44. The molecule has 4 heterocycles. The van der Waals surface area contributed by atoms with E-state index in [1.807, 2.05) is 17.2 Å². The lowest BCUT2D eigenvalue weighted by molar-refractivity contribution is 0.585. The van der Waals surface area contributed by atoms with Crippen LogP contribution in [0.3, 0.4) is 0 Å². The molecule has 0 saturated carbocycles. The van der Waals surface area contributed by atoms with Gasteiger partial charge in [-0.05, 0) is 31.0 Å². The molecule has 2 fully saturated rings. The molecule has 4 rings (SSSR count). The van der Waals surface area contributed by atoms with Gasteiger partial charge in [-0.15, -0.1) is 0 Å². The standard InChI is InChI=1S/C17H21FN6/c18-14-4-3-6-19-16(14)23-10-12-24(13-11-23)17-20-7-5-15(21-17)22-8-1-2-9-22/h3-7H,1-2,8-13H2. The van der Waals surface area contributed by atoms with Crippen LogP contribution in [0.2, 0.25) is 0 Å². The molecular formula is C17H21FN6. The molecule has 126 valence electrons. The molecule has 2 saturated heterocycles. The second-order valence-electron chi connectivity index (χ2n) is 6.19. The second-order valence-corrected chi connectivity index (χ2v) is 6.19. The molecule has 0 bridgehead atoms. The predicted octanol–water partition coefficient (Wildman–Crippen LogP) is 1.94. The summed E-state index contributed by atoms with van der Waals surface area (Å²) < 4.78 is 13.9. The molecular weight excluding hydrogens is 307 g/mol. The number of aromatic nitrogens is 3. The lowest BCUT2D eigenvalue weighted by atomic mass is 10.3. The fourth-order valence-corrected chi connectivity index (χ4v) is 3.34. The molecule has 2 aliphatic heterocycles. The summed E-state index contributed by atoms with van der Waals surface area (Å²) in [5.74, 6) is 1.94. The summed E-state index contributed by atoms with van der Waals surface area (Å²) in [7, 11) is 0. The number of piperazine rings is 1. The number of rotatable bonds is 3. The summed E-state index contributed by atoms with van der Waals surface area (Å²) in [6.07, 6.45) is 5.93. The first kappa shape index (κ1) is 15.1. The molecule has 0 spiro atoms. The number of anilines is 3. The Morgan fingerprint density at radius 3 is 2.29 bits per heavy atom. The Bertz CT molecular complexity index is 695. The van der Waals surface area contributed by atoms with E-state index in [-0.39, 0.29) is 5.82 Å². The zero-order chi connectivity index (χ0) is 16.4. The summed E-state index contributed by atoms with van der Waals surface area (Å²) in [5.41, 5.74) is 0. The molecule has 2 aliphatic rings. The van der Waals surface area contributed by atoms with Crippen LogP contribution in [0, 0.1) is 5.82 Å². The van der Waals surface area contributed by atoms with E-state index < -0.39 is 0 Å². The minimum absolute atomic E-state index is 0.266. The Morgan fingerprint density at radius 2 is 1.54 bits per heavy atom. The van der Waals surface area contributed by atoms with Crippen LogP contribution in [-0.4, -0.2) is 54.2 Å². The average molecular weight is 328 g/mol. The van der Waals surface area contributed by atoms with Crippen LogP contribution in [0.25, 0.3) is 0 Å². The fourth-order valence-electron chi connectivity index (χ4n) is 3.34. The smallest absolute Gasteiger partial charge is 0.227 e. The molecule has 6 nitrogen and oxygen atoms in total. The van der Waals surface area contributed by atoms with Crippen molar-refractivity contribution in [1.29, 1.82) is 0 Å². The molecule has 2 aromatic rings. The third kappa shape index (κ3) is 2.98. The first-order valence-electron chi connectivity index (χ1n) is 8.50. The van der Waals surface area contributed by atoms with Crippen LogP contribution < -0.4 is 14.7 Å². The van der Waals surface area contributed by atoms with Crippen molar-refractivity contribution in [2.75, 3.05) is 54.0 Å². The normalized spacial score (nSPS) is 18.3. The van der Waals surface area contributed by atoms with Crippen LogP contribution in [0.1, 0.15) is 12.8 Å². The van der Waals surface area contributed by atoms with Crippen molar-refractivity contribution in [3.8, 4) is 0 Å². The number of hydrogen-bond donors (Lipinski definition) is 0. The molecule has 0 atom stereocenters. The van der Waals surface area contributed by atoms with E-state index in [0.717, 1.165) is 37.9 Å². The zero-order valence-corrected chi connectivity index (χ0v) is 13.6. The molecule has 24 heavy (non-hydrogen) atoms. The molecule has 0 N–H and O–H groups in total. The molecule has 0 radical (unpaired) electrons. The highest BCUT2D eigenvalue weighted by atomic mass is 19.1. The molecule has 0 aliphatic carbocycles. The Morgan fingerprint density at radius 1 is 0.792 bits per heavy atom. The number of pyridine rings is 1. The summed E-state index contributed by atoms with van der Waals surface area (Å²) >= 11 is 0. The topological polar surface area (TPSA) is 48.4 Å². The van der Waals surface area contributed by atoms with Crippen LogP contribution >= 0.6 is 0 Å². The van der Waals surface area contributed by atoms with Crippen LogP contribution in [0.5, 0.6) is 0 Å². The van der Waals surface area contributed by atoms with Gasteiger partial charge < -0.3 is 14.7 Å². The second kappa shape index (κ2) is 6.59. The van der Waals surface area contributed by atoms with E-state index in [4.69, 9.17) is 4.98 Å². The minimum atomic E-state index is -0.266. The molecule has 7 heteroatoms. The Kier molecular flexibility index (Phi) is 4.15. The summed E-state index contributed by atoms with van der Waals surface area (Å²) in [6.45, 7) is 5.10. The van der Waals surface area contributed by atoms with Gasteiger partial charge in [-0.1, -0.05) is 0 Å². The van der Waals surface area contributed by atoms with Gasteiger partial charge >= 0.3 is 0 Å². The Hall–Kier alpha value is -2.44. The van der Waals surface area contributed by atoms with E-state index in [1.165, 1.54) is 18.9 Å². The van der Waals surface area contributed by atoms with Crippen molar-refractivity contribution in [1.82, 2.24) is 15.0 Å². The first-order chi connectivity index (χ1) is 11.8. The third-order valence-electron chi connectivity index (χ3n) is 4.66. The van der Waals surface area contributed by atoms with Gasteiger partial charge in [0, 0.05) is 51.7 Å². The maximum Gasteiger partial charge on any atom is 0.227 e. The minimum Gasteiger partial charge on any atom is -0.356 e. The average Bonchev–Trinajstić information content (AvgIpc) is 3.17. The molecule has 0 amide bonds. The predicted molar refractivity (Wildman–Crippen MR) is 92.1 cm³/mol. The lowest BCUT2D eigenvalue weighted by Gasteiger charge is -2.35. The zero-order valence-electron chi connectivity index (χ0n) is 13.6. The van der Waals surface area contributed by atoms with Gasteiger partial charge in [-0.2, -0.15) is 4.98 Å². The van der Waals surface area contributed by atoms with Gasteiger partial charge in [0.2, 0.25) is 5.95 Å². The molecule has 0 unspecified atom stereocenters. The van der Waals surface area contributed by atoms with Crippen LogP contribution in [0.15, 0.2) is 30.6 Å². The van der Waals surface area contributed by atoms with Crippen molar-refractivity contribution in [3.63, 3.8) is 0 Å². The largest absolute Gasteiger partial charge is 0.356 e. The number of halogens is 1. The number of nitrogens with zero attached hydrogens (tertiary/aromatic N) is 6. The van der Waals surface area contributed by atoms with Gasteiger partial charge in [0.05, 0.1) is 0 Å². The quantitative estimate of drug-likeness (QED) is 0.858. The maximum atomic E-state index is 13.9. The molecule has 2 aromatic heterocycles. The van der Waals surface area contributed by atoms with Crippen molar-refractivity contribution < 1.29 is 4.39 Å². The van der Waals surface area contributed by atoms with E-state index in [0.29, 0.717) is 18.9 Å². The van der Waals surface area contributed by atoms with Crippen molar-refractivity contribution >= 4 is 17.6 Å². The van der Waals surface area contributed by atoms with Gasteiger partial charge in [0.25, 0.3) is 0 Å². The monoisotopic (exact) mass is 328 g/mol. The van der Waals surface area contributed by atoms with E-state index in [9.17, 15) is 4.39 Å².